The van der Waals surface area contributed by atoms with Crippen LogP contribution in [0.1, 0.15) is 51.0 Å². The Morgan fingerprint density at radius 3 is 2.63 bits per heavy atom. The highest BCUT2D eigenvalue weighted by Crippen LogP contribution is 2.66. The molecule has 0 radical (unpaired) electrons. The van der Waals surface area contributed by atoms with Crippen molar-refractivity contribution in [1.29, 1.82) is 0 Å². The summed E-state index contributed by atoms with van der Waals surface area (Å²) in [5.41, 5.74) is 2.07. The first-order valence-corrected chi connectivity index (χ1v) is 10.0. The number of nitrogens with zero attached hydrogens (tertiary/aromatic N) is 1. The van der Waals surface area contributed by atoms with Crippen molar-refractivity contribution in [3.05, 3.63) is 35.9 Å². The molecule has 0 N–H and O–H groups in total. The van der Waals surface area contributed by atoms with Crippen LogP contribution in [0.2, 0.25) is 0 Å². The molecule has 0 aromatic heterocycles. The van der Waals surface area contributed by atoms with E-state index < -0.39 is 0 Å². The fourth-order valence-electron chi connectivity index (χ4n) is 5.86. The van der Waals surface area contributed by atoms with Gasteiger partial charge in [0.2, 0.25) is 5.91 Å². The van der Waals surface area contributed by atoms with Gasteiger partial charge in [-0.15, -0.1) is 0 Å². The quantitative estimate of drug-likeness (QED) is 0.738. The molecule has 1 heterocycles. The van der Waals surface area contributed by atoms with E-state index in [0.29, 0.717) is 11.8 Å². The molecule has 1 amide bonds. The van der Waals surface area contributed by atoms with Crippen molar-refractivity contribution >= 4 is 5.91 Å². The van der Waals surface area contributed by atoms with Crippen molar-refractivity contribution in [2.24, 2.45) is 16.7 Å². The second-order valence-electron chi connectivity index (χ2n) is 9.04. The molecule has 3 fully saturated rings. The van der Waals surface area contributed by atoms with Crippen LogP contribution in [0.3, 0.4) is 0 Å². The SMILES string of the molecule is C=C1C(C)(C)[C@H]2CC[C@@]1(C(=O)N1CC[C@H](c3cccc(OC)c3OC)C1)C2. The molecule has 0 unspecified atom stereocenters. The van der Waals surface area contributed by atoms with Crippen molar-refractivity contribution in [3.63, 3.8) is 0 Å². The normalized spacial score (nSPS) is 31.4. The average Bonchev–Trinajstić information content (AvgIpc) is 3.37. The Kier molecular flexibility index (Phi) is 4.28. The highest BCUT2D eigenvalue weighted by Gasteiger charge is 2.62. The molecule has 4 nitrogen and oxygen atoms in total. The second kappa shape index (κ2) is 6.29. The fourth-order valence-corrected chi connectivity index (χ4v) is 5.86. The van der Waals surface area contributed by atoms with Gasteiger partial charge in [0.15, 0.2) is 11.5 Å². The van der Waals surface area contributed by atoms with Crippen LogP contribution in [-0.4, -0.2) is 38.1 Å². The Balaban J connectivity index is 1.56. The van der Waals surface area contributed by atoms with E-state index >= 15 is 0 Å². The summed E-state index contributed by atoms with van der Waals surface area (Å²) >= 11 is 0. The van der Waals surface area contributed by atoms with Crippen LogP contribution in [0.25, 0.3) is 0 Å². The molecule has 27 heavy (non-hydrogen) atoms. The molecular weight excluding hydrogens is 338 g/mol. The van der Waals surface area contributed by atoms with E-state index in [9.17, 15) is 4.79 Å². The predicted molar refractivity (Wildman–Crippen MR) is 106 cm³/mol. The maximum absolute atomic E-state index is 13.6. The Morgan fingerprint density at radius 1 is 1.22 bits per heavy atom. The first-order chi connectivity index (χ1) is 12.8. The van der Waals surface area contributed by atoms with Gasteiger partial charge in [-0.2, -0.15) is 0 Å². The largest absolute Gasteiger partial charge is 0.493 e. The standard InChI is InChI=1S/C23H31NO3/c1-15-22(2,3)17-9-11-23(15,13-17)21(25)24-12-10-16(14-24)18-7-6-8-19(26-4)20(18)27-5/h6-8,16-17H,1,9-14H2,2-5H3/t16-,17-,23+/m0/s1. The summed E-state index contributed by atoms with van der Waals surface area (Å²) in [4.78, 5) is 15.7. The van der Waals surface area contributed by atoms with Gasteiger partial charge in [-0.05, 0) is 43.1 Å². The van der Waals surface area contributed by atoms with Crippen LogP contribution < -0.4 is 9.47 Å². The van der Waals surface area contributed by atoms with Crippen LogP contribution in [-0.2, 0) is 4.79 Å². The van der Waals surface area contributed by atoms with Crippen molar-refractivity contribution in [3.8, 4) is 11.5 Å². The van der Waals surface area contributed by atoms with E-state index in [2.05, 4.69) is 31.4 Å². The number of methoxy groups -OCH3 is 2. The van der Waals surface area contributed by atoms with Crippen LogP contribution in [0.4, 0.5) is 0 Å². The molecule has 1 aromatic carbocycles. The summed E-state index contributed by atoms with van der Waals surface area (Å²) in [6, 6.07) is 6.02. The summed E-state index contributed by atoms with van der Waals surface area (Å²) in [5.74, 6) is 2.75. The molecule has 3 atom stereocenters. The van der Waals surface area contributed by atoms with Crippen LogP contribution >= 0.6 is 0 Å². The molecule has 0 spiro atoms. The highest BCUT2D eigenvalue weighted by molar-refractivity contribution is 5.88. The van der Waals surface area contributed by atoms with Crippen LogP contribution in [0.5, 0.6) is 11.5 Å². The van der Waals surface area contributed by atoms with Gasteiger partial charge >= 0.3 is 0 Å². The first kappa shape index (κ1) is 18.4. The molecule has 1 aromatic rings. The lowest BCUT2D eigenvalue weighted by Gasteiger charge is -2.39. The number of para-hydroxylation sites is 1. The van der Waals surface area contributed by atoms with E-state index in [4.69, 9.17) is 9.47 Å². The maximum atomic E-state index is 13.6. The lowest BCUT2D eigenvalue weighted by atomic mass is 9.68. The monoisotopic (exact) mass is 369 g/mol. The Bertz CT molecular complexity index is 784. The third-order valence-corrected chi connectivity index (χ3v) is 7.65. The zero-order valence-corrected chi connectivity index (χ0v) is 17.0. The van der Waals surface area contributed by atoms with Gasteiger partial charge in [-0.1, -0.05) is 38.1 Å². The van der Waals surface area contributed by atoms with Crippen molar-refractivity contribution < 1.29 is 14.3 Å². The van der Waals surface area contributed by atoms with Crippen LogP contribution in [0, 0.1) is 16.7 Å². The van der Waals surface area contributed by atoms with Gasteiger partial charge in [0, 0.05) is 24.6 Å². The lowest BCUT2D eigenvalue weighted by molar-refractivity contribution is -0.138. The maximum Gasteiger partial charge on any atom is 0.232 e. The number of amides is 1. The topological polar surface area (TPSA) is 38.8 Å². The number of likely N-dealkylation sites (tertiary alicyclic amines) is 1. The van der Waals surface area contributed by atoms with Crippen molar-refractivity contribution in [2.75, 3.05) is 27.3 Å². The molecule has 2 aliphatic carbocycles. The van der Waals surface area contributed by atoms with Crippen molar-refractivity contribution in [1.82, 2.24) is 4.90 Å². The zero-order chi connectivity index (χ0) is 19.4. The third kappa shape index (κ3) is 2.52. The summed E-state index contributed by atoms with van der Waals surface area (Å²) in [5, 5.41) is 0. The Labute approximate surface area is 162 Å². The summed E-state index contributed by atoms with van der Waals surface area (Å²) in [7, 11) is 3.34. The van der Waals surface area contributed by atoms with Gasteiger partial charge in [-0.25, -0.2) is 0 Å². The van der Waals surface area contributed by atoms with Crippen molar-refractivity contribution in [2.45, 2.75) is 45.4 Å². The number of hydrogen-bond donors (Lipinski definition) is 0. The minimum Gasteiger partial charge on any atom is -0.493 e. The zero-order valence-electron chi connectivity index (χ0n) is 17.0. The number of benzene rings is 1. The molecule has 4 rings (SSSR count). The van der Waals surface area contributed by atoms with Crippen LogP contribution in [0.15, 0.2) is 30.4 Å². The van der Waals surface area contributed by atoms with Gasteiger partial charge in [-0.3, -0.25) is 4.79 Å². The number of carbonyl (C=O) groups excluding carboxylic acids is 1. The Morgan fingerprint density at radius 2 is 2.00 bits per heavy atom. The number of hydrogen-bond acceptors (Lipinski definition) is 3. The number of ether oxygens (including phenoxy) is 2. The number of carbonyl (C=O) groups is 1. The third-order valence-electron chi connectivity index (χ3n) is 7.65. The highest BCUT2D eigenvalue weighted by atomic mass is 16.5. The van der Waals surface area contributed by atoms with E-state index in [-0.39, 0.29) is 16.7 Å². The van der Waals surface area contributed by atoms with E-state index in [1.54, 1.807) is 14.2 Å². The molecule has 1 saturated heterocycles. The minimum atomic E-state index is -0.318. The van der Waals surface area contributed by atoms with E-state index in [0.717, 1.165) is 55.8 Å². The van der Waals surface area contributed by atoms with E-state index in [1.165, 1.54) is 5.57 Å². The summed E-state index contributed by atoms with van der Waals surface area (Å²) in [6.07, 6.45) is 4.08. The molecule has 1 aliphatic heterocycles. The number of rotatable bonds is 4. The van der Waals surface area contributed by atoms with Gasteiger partial charge < -0.3 is 14.4 Å². The smallest absolute Gasteiger partial charge is 0.232 e. The first-order valence-electron chi connectivity index (χ1n) is 10.0. The van der Waals surface area contributed by atoms with Gasteiger partial charge in [0.05, 0.1) is 19.6 Å². The number of fused-ring (bicyclic) bond motifs is 2. The molecule has 3 aliphatic rings. The average molecular weight is 370 g/mol. The molecule has 146 valence electrons. The minimum absolute atomic E-state index is 0.0864. The molecule has 4 heteroatoms. The predicted octanol–water partition coefficient (Wildman–Crippen LogP) is 4.40. The van der Waals surface area contributed by atoms with Gasteiger partial charge in [0.1, 0.15) is 0 Å². The van der Waals surface area contributed by atoms with E-state index in [1.807, 2.05) is 12.1 Å². The molecular formula is C23H31NO3. The second-order valence-corrected chi connectivity index (χ2v) is 9.04. The fraction of sp³-hybridized carbons (Fsp3) is 0.609. The Hall–Kier alpha value is -1.97. The van der Waals surface area contributed by atoms with Gasteiger partial charge in [0.25, 0.3) is 0 Å². The lowest BCUT2D eigenvalue weighted by Crippen LogP contribution is -2.43. The molecule has 2 bridgehead atoms. The summed E-state index contributed by atoms with van der Waals surface area (Å²) < 4.78 is 11.1. The molecule has 2 saturated carbocycles. The summed E-state index contributed by atoms with van der Waals surface area (Å²) in [6.45, 7) is 10.5.